The van der Waals surface area contributed by atoms with Crippen LogP contribution in [-0.2, 0) is 10.2 Å². The molecule has 4 aliphatic rings. The fourth-order valence-electron chi connectivity index (χ4n) is 6.75. The Labute approximate surface area is 216 Å². The molecule has 10 heteroatoms. The molecule has 3 aromatic heterocycles. The number of ether oxygens (including phenoxy) is 1. The smallest absolute Gasteiger partial charge is 0.229 e. The summed E-state index contributed by atoms with van der Waals surface area (Å²) >= 11 is 0. The molecule has 0 radical (unpaired) electrons. The average Bonchev–Trinajstić information content (AvgIpc) is 3.34. The van der Waals surface area contributed by atoms with Crippen LogP contribution in [0.3, 0.4) is 0 Å². The largest absolute Gasteiger partial charge is 0.379 e. The predicted molar refractivity (Wildman–Crippen MR) is 143 cm³/mol. The van der Waals surface area contributed by atoms with Crippen molar-refractivity contribution >= 4 is 34.3 Å². The summed E-state index contributed by atoms with van der Waals surface area (Å²) in [4.78, 5) is 22.6. The lowest BCUT2D eigenvalue weighted by molar-refractivity contribution is 0.0115. The van der Waals surface area contributed by atoms with Crippen molar-refractivity contribution in [2.24, 2.45) is 10.2 Å². The van der Waals surface area contributed by atoms with Crippen LogP contribution in [0.4, 0.5) is 23.3 Å². The fourth-order valence-corrected chi connectivity index (χ4v) is 6.75. The molecule has 194 valence electrons. The number of rotatable bonds is 4. The third-order valence-electron chi connectivity index (χ3n) is 8.78. The van der Waals surface area contributed by atoms with Gasteiger partial charge in [0.1, 0.15) is 5.82 Å². The summed E-state index contributed by atoms with van der Waals surface area (Å²) in [5.41, 5.74) is 4.34. The normalized spacial score (nSPS) is 22.4. The van der Waals surface area contributed by atoms with E-state index in [0.717, 1.165) is 81.4 Å². The van der Waals surface area contributed by atoms with E-state index in [1.54, 1.807) is 0 Å². The van der Waals surface area contributed by atoms with Crippen LogP contribution in [0, 0.1) is 0 Å². The second kappa shape index (κ2) is 9.64. The van der Waals surface area contributed by atoms with Gasteiger partial charge >= 0.3 is 0 Å². The van der Waals surface area contributed by atoms with Crippen LogP contribution < -0.4 is 10.2 Å². The summed E-state index contributed by atoms with van der Waals surface area (Å²) in [6, 6.07) is 4.85. The van der Waals surface area contributed by atoms with Gasteiger partial charge in [-0.25, -0.2) is 15.0 Å². The predicted octanol–water partition coefficient (Wildman–Crippen LogP) is 4.70. The Morgan fingerprint density at radius 3 is 2.59 bits per heavy atom. The van der Waals surface area contributed by atoms with E-state index in [1.807, 2.05) is 18.5 Å². The van der Waals surface area contributed by atoms with Gasteiger partial charge in [0.25, 0.3) is 0 Å². The molecule has 6 heterocycles. The zero-order chi connectivity index (χ0) is 24.7. The number of aromatic amines is 1. The standard InChI is InChI=1S/C27H35N9O/c1-2-8-27(9-3-1)18-30-34-25-23(27)24-21(31-25)17-29-26(33-24)32-22-5-4-20(16-28-22)35-10-6-19(7-11-35)36-12-14-37-15-13-36/h4-5,16-17,19,31H,1-3,6-15,18H2,(H,28,29,32,33). The Morgan fingerprint density at radius 2 is 1.81 bits per heavy atom. The zero-order valence-electron chi connectivity index (χ0n) is 21.3. The van der Waals surface area contributed by atoms with Crippen molar-refractivity contribution in [2.45, 2.75) is 56.4 Å². The number of azo groups is 1. The SMILES string of the molecule is c1cc(Nc2ncc3[nH]c4c(c3n2)C2(CCCCC2)CN=N4)ncc1N1CCC(N2CCOCC2)CC1. The molecule has 3 aliphatic heterocycles. The number of anilines is 3. The first kappa shape index (κ1) is 23.0. The van der Waals surface area contributed by atoms with Crippen LogP contribution in [0.5, 0.6) is 0 Å². The van der Waals surface area contributed by atoms with Gasteiger partial charge in [-0.05, 0) is 37.8 Å². The minimum absolute atomic E-state index is 0.0499. The maximum absolute atomic E-state index is 5.52. The van der Waals surface area contributed by atoms with Crippen LogP contribution >= 0.6 is 0 Å². The van der Waals surface area contributed by atoms with Gasteiger partial charge in [-0.3, -0.25) is 4.90 Å². The van der Waals surface area contributed by atoms with Gasteiger partial charge in [-0.1, -0.05) is 19.3 Å². The highest BCUT2D eigenvalue weighted by Gasteiger charge is 2.41. The van der Waals surface area contributed by atoms with Crippen molar-refractivity contribution in [3.8, 4) is 0 Å². The second-order valence-electron chi connectivity index (χ2n) is 10.9. The molecule has 0 atom stereocenters. The van der Waals surface area contributed by atoms with Gasteiger partial charge in [0, 0.05) is 43.2 Å². The topological polar surface area (TPSA) is 107 Å². The summed E-state index contributed by atoms with van der Waals surface area (Å²) in [5, 5.41) is 12.2. The van der Waals surface area contributed by atoms with Crippen LogP contribution in [0.2, 0.25) is 0 Å². The summed E-state index contributed by atoms with van der Waals surface area (Å²) < 4.78 is 5.52. The monoisotopic (exact) mass is 501 g/mol. The van der Waals surface area contributed by atoms with E-state index in [-0.39, 0.29) is 5.41 Å². The maximum atomic E-state index is 5.52. The summed E-state index contributed by atoms with van der Waals surface area (Å²) in [7, 11) is 0. The Hall–Kier alpha value is -3.11. The molecule has 0 amide bonds. The van der Waals surface area contributed by atoms with Gasteiger partial charge < -0.3 is 19.9 Å². The Kier molecular flexibility index (Phi) is 6.01. The third-order valence-corrected chi connectivity index (χ3v) is 8.78. The van der Waals surface area contributed by atoms with E-state index in [9.17, 15) is 0 Å². The molecule has 3 aromatic rings. The van der Waals surface area contributed by atoms with E-state index in [4.69, 9.17) is 14.7 Å². The third kappa shape index (κ3) is 4.35. The number of hydrogen-bond acceptors (Lipinski definition) is 9. The molecule has 3 fully saturated rings. The molecule has 2 saturated heterocycles. The Balaban J connectivity index is 1.05. The number of aromatic nitrogens is 4. The molecule has 2 N–H and O–H groups in total. The number of nitrogens with one attached hydrogen (secondary N) is 2. The van der Waals surface area contributed by atoms with Crippen LogP contribution in [0.1, 0.15) is 50.5 Å². The minimum Gasteiger partial charge on any atom is -0.379 e. The molecule has 10 nitrogen and oxygen atoms in total. The minimum atomic E-state index is 0.0499. The Bertz CT molecular complexity index is 1270. The lowest BCUT2D eigenvalue weighted by Crippen LogP contribution is -2.49. The van der Waals surface area contributed by atoms with E-state index < -0.39 is 0 Å². The van der Waals surface area contributed by atoms with Gasteiger partial charge in [-0.15, -0.1) is 5.11 Å². The molecule has 7 rings (SSSR count). The number of piperidine rings is 1. The van der Waals surface area contributed by atoms with Crippen molar-refractivity contribution in [2.75, 3.05) is 56.2 Å². The highest BCUT2D eigenvalue weighted by atomic mass is 16.5. The molecule has 1 saturated carbocycles. The van der Waals surface area contributed by atoms with Gasteiger partial charge in [0.2, 0.25) is 5.95 Å². The van der Waals surface area contributed by atoms with Gasteiger partial charge in [0.15, 0.2) is 5.82 Å². The van der Waals surface area contributed by atoms with E-state index in [0.29, 0.717) is 12.0 Å². The summed E-state index contributed by atoms with van der Waals surface area (Å²) in [5.74, 6) is 2.17. The lowest BCUT2D eigenvalue weighted by Gasteiger charge is -2.40. The molecule has 37 heavy (non-hydrogen) atoms. The number of fused-ring (bicyclic) bond motifs is 4. The maximum Gasteiger partial charge on any atom is 0.229 e. The first-order valence-corrected chi connectivity index (χ1v) is 13.8. The van der Waals surface area contributed by atoms with Crippen molar-refractivity contribution in [1.29, 1.82) is 0 Å². The molecular formula is C27H35N9O. The van der Waals surface area contributed by atoms with E-state index in [2.05, 4.69) is 41.4 Å². The number of morpholine rings is 1. The van der Waals surface area contributed by atoms with Crippen molar-refractivity contribution in [3.05, 3.63) is 30.1 Å². The molecule has 1 aliphatic carbocycles. The highest BCUT2D eigenvalue weighted by molar-refractivity contribution is 5.86. The van der Waals surface area contributed by atoms with E-state index in [1.165, 1.54) is 43.4 Å². The van der Waals surface area contributed by atoms with Crippen molar-refractivity contribution in [1.82, 2.24) is 24.8 Å². The highest BCUT2D eigenvalue weighted by Crippen LogP contribution is 2.48. The van der Waals surface area contributed by atoms with Crippen molar-refractivity contribution < 1.29 is 4.74 Å². The lowest BCUT2D eigenvalue weighted by atomic mass is 9.69. The number of hydrogen-bond donors (Lipinski definition) is 2. The quantitative estimate of drug-likeness (QED) is 0.534. The first-order valence-electron chi connectivity index (χ1n) is 13.8. The fraction of sp³-hybridized carbons (Fsp3) is 0.593. The second-order valence-corrected chi connectivity index (χ2v) is 10.9. The van der Waals surface area contributed by atoms with Gasteiger partial charge in [-0.2, -0.15) is 5.11 Å². The number of pyridine rings is 1. The zero-order valence-corrected chi connectivity index (χ0v) is 21.3. The van der Waals surface area contributed by atoms with E-state index >= 15 is 0 Å². The number of H-pyrrole nitrogens is 1. The van der Waals surface area contributed by atoms with Crippen LogP contribution in [0.15, 0.2) is 34.8 Å². The molecule has 1 spiro atoms. The number of nitrogens with zero attached hydrogens (tertiary/aromatic N) is 7. The van der Waals surface area contributed by atoms with Crippen molar-refractivity contribution in [3.63, 3.8) is 0 Å². The first-order chi connectivity index (χ1) is 18.3. The molecule has 0 bridgehead atoms. The molecular weight excluding hydrogens is 466 g/mol. The van der Waals surface area contributed by atoms with Crippen LogP contribution in [-0.4, -0.2) is 76.8 Å². The molecule has 0 aromatic carbocycles. The summed E-state index contributed by atoms with van der Waals surface area (Å²) in [6.45, 7) is 6.75. The average molecular weight is 502 g/mol. The summed E-state index contributed by atoms with van der Waals surface area (Å²) in [6.07, 6.45) is 12.3. The van der Waals surface area contributed by atoms with Gasteiger partial charge in [0.05, 0.1) is 48.9 Å². The Morgan fingerprint density at radius 1 is 0.973 bits per heavy atom. The van der Waals surface area contributed by atoms with Crippen LogP contribution in [0.25, 0.3) is 11.0 Å². The molecule has 0 unspecified atom stereocenters.